The van der Waals surface area contributed by atoms with E-state index in [1.165, 1.54) is 0 Å². The molecule has 0 aliphatic heterocycles. The van der Waals surface area contributed by atoms with E-state index in [1.807, 2.05) is 19.9 Å². The van der Waals surface area contributed by atoms with E-state index in [0.717, 1.165) is 12.0 Å². The second-order valence-electron chi connectivity index (χ2n) is 4.87. The van der Waals surface area contributed by atoms with E-state index in [9.17, 15) is 8.42 Å². The van der Waals surface area contributed by atoms with Crippen LogP contribution in [0.15, 0.2) is 35.4 Å². The molecular weight excluding hydrogens is 286 g/mol. The largest absolute Gasteiger partial charge is 0.256 e. The number of rotatable bonds is 5. The number of pyridine rings is 1. The third kappa shape index (κ3) is 3.20. The van der Waals surface area contributed by atoms with Gasteiger partial charge in [-0.25, -0.2) is 8.42 Å². The molecule has 0 spiro atoms. The summed E-state index contributed by atoms with van der Waals surface area (Å²) in [5.41, 5.74) is 1.57. The minimum absolute atomic E-state index is 0.160. The van der Waals surface area contributed by atoms with Crippen molar-refractivity contribution in [1.29, 1.82) is 5.26 Å². The van der Waals surface area contributed by atoms with E-state index in [1.54, 1.807) is 30.5 Å². The van der Waals surface area contributed by atoms with Crippen LogP contribution in [0.1, 0.15) is 25.3 Å². The van der Waals surface area contributed by atoms with Gasteiger partial charge < -0.3 is 0 Å². The predicted molar refractivity (Wildman–Crippen MR) is 81.1 cm³/mol. The lowest BCUT2D eigenvalue weighted by Crippen LogP contribution is -2.33. The Balaban J connectivity index is 2.51. The number of aromatic nitrogens is 1. The Morgan fingerprint density at radius 2 is 2.14 bits per heavy atom. The summed E-state index contributed by atoms with van der Waals surface area (Å²) in [7, 11) is -3.75. The molecule has 110 valence electrons. The van der Waals surface area contributed by atoms with E-state index in [2.05, 4.69) is 9.71 Å². The van der Waals surface area contributed by atoms with Gasteiger partial charge in [0.2, 0.25) is 10.0 Å². The molecule has 0 radical (unpaired) electrons. The summed E-state index contributed by atoms with van der Waals surface area (Å²) in [5.74, 6) is 0. The van der Waals surface area contributed by atoms with Crippen LogP contribution >= 0.6 is 0 Å². The molecule has 1 aromatic heterocycles. The first-order valence-electron chi connectivity index (χ1n) is 6.76. The highest BCUT2D eigenvalue weighted by Crippen LogP contribution is 2.24. The number of aryl methyl sites for hydroxylation is 1. The average molecular weight is 303 g/mol. The molecule has 0 aliphatic rings. The first-order chi connectivity index (χ1) is 9.99. The molecule has 0 saturated carbocycles. The zero-order valence-corrected chi connectivity index (χ0v) is 12.8. The highest BCUT2D eigenvalue weighted by atomic mass is 32.2. The maximum Gasteiger partial charge on any atom is 0.242 e. The number of nitrogens with zero attached hydrogens (tertiary/aromatic N) is 2. The second kappa shape index (κ2) is 6.20. The highest BCUT2D eigenvalue weighted by Gasteiger charge is 2.22. The van der Waals surface area contributed by atoms with Crippen molar-refractivity contribution in [3.8, 4) is 6.07 Å². The van der Waals surface area contributed by atoms with Crippen LogP contribution in [0.4, 0.5) is 0 Å². The van der Waals surface area contributed by atoms with Crippen molar-refractivity contribution in [3.63, 3.8) is 0 Å². The zero-order valence-electron chi connectivity index (χ0n) is 12.0. The number of hydrogen-bond donors (Lipinski definition) is 1. The number of sulfonamides is 1. The molecule has 2 rings (SSSR count). The van der Waals surface area contributed by atoms with Crippen LogP contribution < -0.4 is 4.72 Å². The van der Waals surface area contributed by atoms with Gasteiger partial charge in [-0.1, -0.05) is 19.4 Å². The lowest BCUT2D eigenvalue weighted by atomic mass is 10.1. The Morgan fingerprint density at radius 3 is 2.81 bits per heavy atom. The van der Waals surface area contributed by atoms with Crippen molar-refractivity contribution in [2.75, 3.05) is 0 Å². The molecule has 21 heavy (non-hydrogen) atoms. The van der Waals surface area contributed by atoms with E-state index >= 15 is 0 Å². The Kier molecular flexibility index (Phi) is 4.56. The molecule has 5 nitrogen and oxygen atoms in total. The van der Waals surface area contributed by atoms with Crippen molar-refractivity contribution in [3.05, 3.63) is 36.0 Å². The average Bonchev–Trinajstić information content (AvgIpc) is 2.47. The van der Waals surface area contributed by atoms with Crippen LogP contribution in [0.5, 0.6) is 0 Å². The lowest BCUT2D eigenvalue weighted by Gasteiger charge is -2.13. The number of nitrogens with one attached hydrogen (secondary N) is 1. The maximum atomic E-state index is 12.5. The van der Waals surface area contributed by atoms with Crippen LogP contribution in [-0.4, -0.2) is 19.4 Å². The maximum absolute atomic E-state index is 12.5. The molecule has 2 aromatic rings. The van der Waals surface area contributed by atoms with Crippen molar-refractivity contribution < 1.29 is 8.42 Å². The minimum atomic E-state index is -3.75. The quantitative estimate of drug-likeness (QED) is 0.920. The summed E-state index contributed by atoms with van der Waals surface area (Å²) < 4.78 is 27.5. The molecule has 0 fully saturated rings. The van der Waals surface area contributed by atoms with Crippen LogP contribution in [0.25, 0.3) is 10.9 Å². The molecule has 1 unspecified atom stereocenters. The van der Waals surface area contributed by atoms with Gasteiger partial charge >= 0.3 is 0 Å². The van der Waals surface area contributed by atoms with Crippen molar-refractivity contribution >= 4 is 20.9 Å². The molecular formula is C15H17N3O2S. The summed E-state index contributed by atoms with van der Waals surface area (Å²) >= 11 is 0. The van der Waals surface area contributed by atoms with Gasteiger partial charge in [0.25, 0.3) is 0 Å². The third-order valence-corrected chi connectivity index (χ3v) is 4.78. The Labute approximate surface area is 124 Å². The van der Waals surface area contributed by atoms with Gasteiger partial charge in [0.15, 0.2) is 0 Å². The summed E-state index contributed by atoms with van der Waals surface area (Å²) in [4.78, 5) is 4.39. The van der Waals surface area contributed by atoms with Crippen molar-refractivity contribution in [2.24, 2.45) is 0 Å². The molecule has 1 N–H and O–H groups in total. The van der Waals surface area contributed by atoms with E-state index in [4.69, 9.17) is 5.26 Å². The third-order valence-electron chi connectivity index (χ3n) is 3.25. The Morgan fingerprint density at radius 1 is 1.38 bits per heavy atom. The first kappa shape index (κ1) is 15.4. The monoisotopic (exact) mass is 303 g/mol. The van der Waals surface area contributed by atoms with Crippen LogP contribution in [0.3, 0.4) is 0 Å². The van der Waals surface area contributed by atoms with Gasteiger partial charge in [0.1, 0.15) is 6.04 Å². The first-order valence-corrected chi connectivity index (χ1v) is 8.24. The fourth-order valence-corrected chi connectivity index (χ4v) is 3.58. The summed E-state index contributed by atoms with van der Waals surface area (Å²) in [5, 5.41) is 9.60. The molecule has 1 aromatic carbocycles. The number of fused-ring (bicyclic) bond motifs is 1. The smallest absolute Gasteiger partial charge is 0.242 e. The molecule has 0 saturated heterocycles. The minimum Gasteiger partial charge on any atom is -0.256 e. The van der Waals surface area contributed by atoms with Crippen LogP contribution in [-0.2, 0) is 10.0 Å². The van der Waals surface area contributed by atoms with E-state index < -0.39 is 16.1 Å². The van der Waals surface area contributed by atoms with E-state index in [0.29, 0.717) is 17.3 Å². The molecule has 0 aliphatic carbocycles. The van der Waals surface area contributed by atoms with Gasteiger partial charge in [0.05, 0.1) is 16.5 Å². The predicted octanol–water partition coefficient (Wildman–Crippen LogP) is 2.51. The molecule has 6 heteroatoms. The van der Waals surface area contributed by atoms with Crippen LogP contribution in [0, 0.1) is 18.3 Å². The van der Waals surface area contributed by atoms with Gasteiger partial charge in [-0.05, 0) is 37.1 Å². The normalized spacial score (nSPS) is 13.0. The SMILES string of the molecule is CCCC(C#N)NS(=O)(=O)c1ccc(C)c2ncccc12. The number of nitriles is 1. The summed E-state index contributed by atoms with van der Waals surface area (Å²) in [6.07, 6.45) is 2.85. The Hall–Kier alpha value is -1.97. The fraction of sp³-hybridized carbons (Fsp3) is 0.333. The van der Waals surface area contributed by atoms with Gasteiger partial charge in [-0.3, -0.25) is 4.98 Å². The van der Waals surface area contributed by atoms with Gasteiger partial charge in [-0.2, -0.15) is 9.98 Å². The highest BCUT2D eigenvalue weighted by molar-refractivity contribution is 7.89. The summed E-state index contributed by atoms with van der Waals surface area (Å²) in [6, 6.07) is 7.98. The standard InChI is InChI=1S/C15H17N3O2S/c1-3-5-12(10-16)18-21(19,20)14-8-7-11(2)15-13(14)6-4-9-17-15/h4,6-9,12,18H,3,5H2,1-2H3. The van der Waals surface area contributed by atoms with E-state index in [-0.39, 0.29) is 4.90 Å². The van der Waals surface area contributed by atoms with Gasteiger partial charge in [-0.15, -0.1) is 0 Å². The van der Waals surface area contributed by atoms with Gasteiger partial charge in [0, 0.05) is 11.6 Å². The van der Waals surface area contributed by atoms with Crippen LogP contribution in [0.2, 0.25) is 0 Å². The summed E-state index contributed by atoms with van der Waals surface area (Å²) in [6.45, 7) is 3.79. The molecule has 0 bridgehead atoms. The lowest BCUT2D eigenvalue weighted by molar-refractivity contribution is 0.564. The topological polar surface area (TPSA) is 82.9 Å². The second-order valence-corrected chi connectivity index (χ2v) is 6.55. The Bertz CT molecular complexity index is 794. The zero-order chi connectivity index (χ0) is 15.5. The fourth-order valence-electron chi connectivity index (χ4n) is 2.21. The molecule has 0 amide bonds. The number of benzene rings is 1. The molecule has 1 heterocycles. The van der Waals surface area contributed by atoms with Crippen molar-refractivity contribution in [2.45, 2.75) is 37.6 Å². The number of hydrogen-bond acceptors (Lipinski definition) is 4. The molecule has 1 atom stereocenters. The van der Waals surface area contributed by atoms with Crippen molar-refractivity contribution in [1.82, 2.24) is 9.71 Å².